The fourth-order valence-corrected chi connectivity index (χ4v) is 3.26. The van der Waals surface area contributed by atoms with E-state index in [4.69, 9.17) is 15.9 Å². The van der Waals surface area contributed by atoms with E-state index in [9.17, 15) is 13.6 Å². The number of ether oxygens (including phenoxy) is 1. The number of aromatic amines is 1. The average molecular weight is 442 g/mol. The monoisotopic (exact) mass is 442 g/mol. The molecule has 0 spiro atoms. The Morgan fingerprint density at radius 1 is 1.25 bits per heavy atom. The van der Waals surface area contributed by atoms with Gasteiger partial charge in [-0.25, -0.2) is 18.7 Å². The number of morpholine rings is 1. The number of rotatable bonds is 5. The molecule has 2 aromatic heterocycles. The first-order valence-electron chi connectivity index (χ1n) is 9.72. The third-order valence-electron chi connectivity index (χ3n) is 4.94. The molecule has 1 saturated heterocycles. The van der Waals surface area contributed by atoms with Crippen LogP contribution in [0.1, 0.15) is 21.9 Å². The molecule has 0 saturated carbocycles. The number of hydrogen-bond donors (Lipinski definition) is 4. The van der Waals surface area contributed by atoms with Gasteiger partial charge >= 0.3 is 0 Å². The molecule has 1 aromatic carbocycles. The van der Waals surface area contributed by atoms with Crippen molar-refractivity contribution >= 4 is 34.9 Å². The Morgan fingerprint density at radius 3 is 2.59 bits per heavy atom. The zero-order chi connectivity index (χ0) is 22.8. The summed E-state index contributed by atoms with van der Waals surface area (Å²) in [7, 11) is 0. The van der Waals surface area contributed by atoms with E-state index < -0.39 is 23.1 Å². The number of fused-ring (bicyclic) bond motifs is 1. The average Bonchev–Trinajstić information content (AvgIpc) is 3.22. The molecule has 10 nitrogen and oxygen atoms in total. The standard InChI is InChI=1S/C20H20F2N8O2/c1-10-16-18(29-20(25-10)30-5-7-32-8-6-30)28-17(27-16)15(24)13(9-23)26-19(31)14-11(21)3-2-4-12(14)22/h2-4,9,23H,5-8,24H2,1H3,(H,26,31)(H,25,27,28,29). The number of nitrogens with zero attached hydrogens (tertiary/aromatic N) is 4. The van der Waals surface area contributed by atoms with E-state index in [1.807, 2.05) is 4.90 Å². The minimum atomic E-state index is -1.08. The predicted octanol–water partition coefficient (Wildman–Crippen LogP) is 1.48. The fourth-order valence-electron chi connectivity index (χ4n) is 3.26. The zero-order valence-electron chi connectivity index (χ0n) is 17.1. The molecule has 5 N–H and O–H groups in total. The summed E-state index contributed by atoms with van der Waals surface area (Å²) in [5, 5.41) is 9.85. The normalized spacial score (nSPS) is 14.9. The summed E-state index contributed by atoms with van der Waals surface area (Å²) >= 11 is 0. The first-order valence-corrected chi connectivity index (χ1v) is 9.72. The van der Waals surface area contributed by atoms with Gasteiger partial charge in [-0.3, -0.25) is 4.79 Å². The van der Waals surface area contributed by atoms with E-state index in [0.717, 1.165) is 24.4 Å². The summed E-state index contributed by atoms with van der Waals surface area (Å²) < 4.78 is 33.2. The molecule has 3 heterocycles. The number of amides is 1. The maximum Gasteiger partial charge on any atom is 0.261 e. The highest BCUT2D eigenvalue weighted by atomic mass is 19.1. The van der Waals surface area contributed by atoms with Crippen molar-refractivity contribution in [3.63, 3.8) is 0 Å². The molecule has 4 rings (SSSR count). The third kappa shape index (κ3) is 3.99. The van der Waals surface area contributed by atoms with Gasteiger partial charge in [-0.15, -0.1) is 0 Å². The molecule has 1 amide bonds. The number of nitrogens with two attached hydrogens (primary N) is 1. The van der Waals surface area contributed by atoms with Crippen molar-refractivity contribution in [3.8, 4) is 0 Å². The number of aromatic nitrogens is 4. The number of halogens is 2. The number of anilines is 1. The van der Waals surface area contributed by atoms with E-state index >= 15 is 0 Å². The summed E-state index contributed by atoms with van der Waals surface area (Å²) in [5.41, 5.74) is 6.57. The maximum atomic E-state index is 13.9. The number of carbonyl (C=O) groups is 1. The van der Waals surface area contributed by atoms with Gasteiger partial charge in [0.05, 0.1) is 24.6 Å². The summed E-state index contributed by atoms with van der Waals surface area (Å²) in [4.78, 5) is 30.7. The van der Waals surface area contributed by atoms with Crippen LogP contribution in [0.3, 0.4) is 0 Å². The smallest absolute Gasteiger partial charge is 0.261 e. The second kappa shape index (κ2) is 8.67. The molecule has 12 heteroatoms. The SMILES string of the molecule is Cc1nc(N2CCOCC2)nc2nc(C(N)=C(C=N)NC(=O)c3c(F)cccc3F)[nH]c12. The number of carbonyl (C=O) groups excluding carboxylic acids is 1. The van der Waals surface area contributed by atoms with Gasteiger partial charge < -0.3 is 31.1 Å². The second-order valence-electron chi connectivity index (χ2n) is 7.01. The van der Waals surface area contributed by atoms with Gasteiger partial charge in [-0.2, -0.15) is 4.98 Å². The number of aryl methyl sites for hydroxylation is 1. The van der Waals surface area contributed by atoms with Gasteiger partial charge in [0.25, 0.3) is 5.91 Å². The second-order valence-corrected chi connectivity index (χ2v) is 7.01. The van der Waals surface area contributed by atoms with Crippen molar-refractivity contribution in [2.24, 2.45) is 5.73 Å². The highest BCUT2D eigenvalue weighted by molar-refractivity contribution is 6.01. The Balaban J connectivity index is 1.67. The summed E-state index contributed by atoms with van der Waals surface area (Å²) in [5.74, 6) is -2.51. The van der Waals surface area contributed by atoms with Crippen molar-refractivity contribution < 1.29 is 18.3 Å². The van der Waals surface area contributed by atoms with E-state index in [1.165, 1.54) is 0 Å². The number of benzene rings is 1. The van der Waals surface area contributed by atoms with Gasteiger partial charge in [-0.05, 0) is 19.1 Å². The molecule has 0 aliphatic carbocycles. The Morgan fingerprint density at radius 2 is 1.94 bits per heavy atom. The van der Waals surface area contributed by atoms with Crippen LogP contribution in [0.2, 0.25) is 0 Å². The molecular formula is C20H20F2N8O2. The maximum absolute atomic E-state index is 13.9. The minimum Gasteiger partial charge on any atom is -0.394 e. The molecule has 3 aromatic rings. The molecule has 166 valence electrons. The van der Waals surface area contributed by atoms with E-state index in [1.54, 1.807) is 6.92 Å². The lowest BCUT2D eigenvalue weighted by Gasteiger charge is -2.26. The Hall–Kier alpha value is -3.93. The van der Waals surface area contributed by atoms with Crippen LogP contribution in [0.25, 0.3) is 16.9 Å². The third-order valence-corrected chi connectivity index (χ3v) is 4.94. The Bertz CT molecular complexity index is 1210. The van der Waals surface area contributed by atoms with Crippen LogP contribution in [-0.4, -0.2) is 58.4 Å². The molecule has 32 heavy (non-hydrogen) atoms. The van der Waals surface area contributed by atoms with E-state index in [0.29, 0.717) is 49.1 Å². The van der Waals surface area contributed by atoms with Gasteiger partial charge in [0, 0.05) is 19.3 Å². The molecule has 0 bridgehead atoms. The fraction of sp³-hybridized carbons (Fsp3) is 0.250. The number of allylic oxidation sites excluding steroid dienone is 1. The van der Waals surface area contributed by atoms with Gasteiger partial charge in [0.15, 0.2) is 11.5 Å². The summed E-state index contributed by atoms with van der Waals surface area (Å²) in [6.45, 7) is 4.25. The van der Waals surface area contributed by atoms with Crippen molar-refractivity contribution in [2.45, 2.75) is 6.92 Å². The van der Waals surface area contributed by atoms with Crippen molar-refractivity contribution in [1.82, 2.24) is 25.3 Å². The first kappa shape index (κ1) is 21.3. The summed E-state index contributed by atoms with van der Waals surface area (Å²) in [6.07, 6.45) is 0.761. The van der Waals surface area contributed by atoms with Crippen LogP contribution < -0.4 is 16.0 Å². The van der Waals surface area contributed by atoms with Gasteiger partial charge in [0.1, 0.15) is 28.4 Å². The van der Waals surface area contributed by atoms with Gasteiger partial charge in [0.2, 0.25) is 5.95 Å². The van der Waals surface area contributed by atoms with Gasteiger partial charge in [-0.1, -0.05) is 6.07 Å². The first-order chi connectivity index (χ1) is 15.4. The van der Waals surface area contributed by atoms with E-state index in [-0.39, 0.29) is 17.2 Å². The number of H-pyrrole nitrogens is 1. The van der Waals surface area contributed by atoms with E-state index in [2.05, 4.69) is 25.3 Å². The molecule has 1 aliphatic rings. The molecule has 0 atom stereocenters. The molecule has 0 radical (unpaired) electrons. The lowest BCUT2D eigenvalue weighted by atomic mass is 10.1. The number of nitrogens with one attached hydrogen (secondary N) is 3. The highest BCUT2D eigenvalue weighted by Gasteiger charge is 2.21. The lowest BCUT2D eigenvalue weighted by Crippen LogP contribution is -2.37. The predicted molar refractivity (Wildman–Crippen MR) is 113 cm³/mol. The number of hydrogen-bond acceptors (Lipinski definition) is 8. The van der Waals surface area contributed by atoms with Crippen LogP contribution in [0.5, 0.6) is 0 Å². The molecule has 1 fully saturated rings. The largest absolute Gasteiger partial charge is 0.394 e. The Labute approximate surface area is 181 Å². The minimum absolute atomic E-state index is 0.101. The van der Waals surface area contributed by atoms with Crippen molar-refractivity contribution in [2.75, 3.05) is 31.2 Å². The quantitative estimate of drug-likeness (QED) is 0.438. The number of imidazole rings is 1. The van der Waals surface area contributed by atoms with Crippen molar-refractivity contribution in [1.29, 1.82) is 5.41 Å². The molecule has 0 unspecified atom stereocenters. The summed E-state index contributed by atoms with van der Waals surface area (Å²) in [6, 6.07) is 3.07. The topological polar surface area (TPSA) is 146 Å². The van der Waals surface area contributed by atoms with Crippen LogP contribution in [0, 0.1) is 24.0 Å². The van der Waals surface area contributed by atoms with Crippen LogP contribution >= 0.6 is 0 Å². The lowest BCUT2D eigenvalue weighted by molar-refractivity contribution is 0.0960. The zero-order valence-corrected chi connectivity index (χ0v) is 17.1. The van der Waals surface area contributed by atoms with Crippen LogP contribution in [0.4, 0.5) is 14.7 Å². The Kier molecular flexibility index (Phi) is 5.77. The molecular weight excluding hydrogens is 422 g/mol. The van der Waals surface area contributed by atoms with Crippen molar-refractivity contribution in [3.05, 3.63) is 52.6 Å². The van der Waals surface area contributed by atoms with Crippen LogP contribution in [-0.2, 0) is 4.74 Å². The molecule has 1 aliphatic heterocycles. The van der Waals surface area contributed by atoms with Crippen LogP contribution in [0.15, 0.2) is 23.9 Å². The highest BCUT2D eigenvalue weighted by Crippen LogP contribution is 2.21.